The van der Waals surface area contributed by atoms with Gasteiger partial charge in [0, 0.05) is 33.0 Å². The van der Waals surface area contributed by atoms with Crippen LogP contribution in [-0.4, -0.2) is 69.3 Å². The van der Waals surface area contributed by atoms with Gasteiger partial charge in [0.25, 0.3) is 0 Å². The van der Waals surface area contributed by atoms with Gasteiger partial charge in [-0.2, -0.15) is 0 Å². The first-order chi connectivity index (χ1) is 11.1. The minimum atomic E-state index is -1.03. The molecule has 0 heterocycles. The molecule has 3 atom stereocenters. The van der Waals surface area contributed by atoms with E-state index >= 15 is 0 Å². The minimum absolute atomic E-state index is 0.00450. The molecule has 0 saturated heterocycles. The zero-order valence-corrected chi connectivity index (χ0v) is 14.2. The van der Waals surface area contributed by atoms with Gasteiger partial charge in [-0.15, -0.1) is 0 Å². The lowest BCUT2D eigenvalue weighted by Gasteiger charge is -2.39. The van der Waals surface area contributed by atoms with Gasteiger partial charge in [0.1, 0.15) is 0 Å². The fourth-order valence-electron chi connectivity index (χ4n) is 3.32. The molecule has 0 fully saturated rings. The van der Waals surface area contributed by atoms with Crippen LogP contribution in [0, 0.1) is 11.8 Å². The molecule has 0 spiro atoms. The lowest BCUT2D eigenvalue weighted by atomic mass is 9.72. The summed E-state index contributed by atoms with van der Waals surface area (Å²) in [5, 5.41) is 57.0. The third kappa shape index (κ3) is 9.59. The maximum atomic E-state index is 11.2. The Labute approximate surface area is 139 Å². The van der Waals surface area contributed by atoms with E-state index in [1.807, 2.05) is 0 Å². The number of rotatable bonds is 16. The summed E-state index contributed by atoms with van der Waals surface area (Å²) in [5.41, 5.74) is -1.03. The summed E-state index contributed by atoms with van der Waals surface area (Å²) < 4.78 is 0. The fraction of sp³-hybridized carbons (Fsp3) is 1.00. The summed E-state index contributed by atoms with van der Waals surface area (Å²) in [7, 11) is 0. The van der Waals surface area contributed by atoms with Gasteiger partial charge in [-0.1, -0.05) is 6.42 Å². The summed E-state index contributed by atoms with van der Waals surface area (Å²) in [6.07, 6.45) is 5.17. The zero-order valence-electron chi connectivity index (χ0n) is 14.2. The smallest absolute Gasteiger partial charge is 0.0680 e. The van der Waals surface area contributed by atoms with Crippen LogP contribution >= 0.6 is 0 Å². The van der Waals surface area contributed by atoms with Crippen LogP contribution < -0.4 is 0 Å². The van der Waals surface area contributed by atoms with Gasteiger partial charge in [0.15, 0.2) is 0 Å². The number of hydrogen-bond donors (Lipinski definition) is 6. The molecule has 0 aliphatic heterocycles. The first kappa shape index (κ1) is 22.8. The largest absolute Gasteiger partial charge is 0.396 e. The highest BCUT2D eigenvalue weighted by Gasteiger charge is 2.37. The third-order valence-electron chi connectivity index (χ3n) is 4.64. The van der Waals surface area contributed by atoms with E-state index in [2.05, 4.69) is 0 Å². The van der Waals surface area contributed by atoms with Crippen LogP contribution in [0.3, 0.4) is 0 Å². The predicted molar refractivity (Wildman–Crippen MR) is 88.9 cm³/mol. The first-order valence-electron chi connectivity index (χ1n) is 8.84. The van der Waals surface area contributed by atoms with Crippen molar-refractivity contribution in [1.29, 1.82) is 0 Å². The van der Waals surface area contributed by atoms with E-state index in [1.54, 1.807) is 0 Å². The lowest BCUT2D eigenvalue weighted by Crippen LogP contribution is -2.41. The van der Waals surface area contributed by atoms with E-state index in [9.17, 15) is 10.2 Å². The third-order valence-corrected chi connectivity index (χ3v) is 4.64. The molecule has 0 aliphatic rings. The second-order valence-corrected chi connectivity index (χ2v) is 6.48. The van der Waals surface area contributed by atoms with E-state index in [0.717, 1.165) is 12.8 Å². The van der Waals surface area contributed by atoms with Gasteiger partial charge in [-0.25, -0.2) is 0 Å². The Morgan fingerprint density at radius 2 is 1.26 bits per heavy atom. The Kier molecular flexibility index (Phi) is 14.0. The Bertz CT molecular complexity index is 263. The standard InChI is InChI=1S/C17H36O6/c18-9-2-1-5-16(6-3-10-19)17(23,8-4-11-20)13-15(14-22)7-12-21/h15-16,18-23H,1-14H2. The van der Waals surface area contributed by atoms with Gasteiger partial charge in [0.05, 0.1) is 5.60 Å². The van der Waals surface area contributed by atoms with Crippen molar-refractivity contribution in [2.24, 2.45) is 11.8 Å². The maximum Gasteiger partial charge on any atom is 0.0680 e. The number of unbranched alkanes of at least 4 members (excludes halogenated alkanes) is 1. The van der Waals surface area contributed by atoms with E-state index in [4.69, 9.17) is 20.4 Å². The molecule has 0 bridgehead atoms. The van der Waals surface area contributed by atoms with E-state index in [1.165, 1.54) is 0 Å². The van der Waals surface area contributed by atoms with Crippen LogP contribution in [-0.2, 0) is 0 Å². The molecule has 0 radical (unpaired) electrons. The van der Waals surface area contributed by atoms with Crippen LogP contribution in [0.2, 0.25) is 0 Å². The lowest BCUT2D eigenvalue weighted by molar-refractivity contribution is -0.0652. The average molecular weight is 336 g/mol. The van der Waals surface area contributed by atoms with Crippen molar-refractivity contribution in [2.75, 3.05) is 33.0 Å². The Morgan fingerprint density at radius 1 is 0.652 bits per heavy atom. The molecule has 0 aliphatic carbocycles. The molecule has 6 nitrogen and oxygen atoms in total. The van der Waals surface area contributed by atoms with E-state index in [0.29, 0.717) is 44.9 Å². The highest BCUT2D eigenvalue weighted by atomic mass is 16.3. The van der Waals surface area contributed by atoms with Crippen LogP contribution in [0.15, 0.2) is 0 Å². The molecule has 0 saturated carbocycles. The molecule has 0 amide bonds. The maximum absolute atomic E-state index is 11.2. The van der Waals surface area contributed by atoms with Crippen LogP contribution in [0.1, 0.15) is 57.8 Å². The predicted octanol–water partition coefficient (Wildman–Crippen LogP) is 0.422. The average Bonchev–Trinajstić information content (AvgIpc) is 2.55. The van der Waals surface area contributed by atoms with Crippen LogP contribution in [0.4, 0.5) is 0 Å². The quantitative estimate of drug-likeness (QED) is 0.227. The summed E-state index contributed by atoms with van der Waals surface area (Å²) in [6, 6.07) is 0. The molecule has 0 rings (SSSR count). The topological polar surface area (TPSA) is 121 Å². The number of aliphatic hydroxyl groups excluding tert-OH is 5. The molecule has 23 heavy (non-hydrogen) atoms. The number of aliphatic hydroxyl groups is 6. The summed E-state index contributed by atoms with van der Waals surface area (Å²) in [5.74, 6) is -0.237. The summed E-state index contributed by atoms with van der Waals surface area (Å²) in [4.78, 5) is 0. The second-order valence-electron chi connectivity index (χ2n) is 6.48. The highest BCUT2D eigenvalue weighted by molar-refractivity contribution is 4.89. The first-order valence-corrected chi connectivity index (χ1v) is 8.84. The molecule has 3 unspecified atom stereocenters. The van der Waals surface area contributed by atoms with Crippen molar-refractivity contribution >= 4 is 0 Å². The molecular weight excluding hydrogens is 300 g/mol. The molecule has 0 aromatic rings. The van der Waals surface area contributed by atoms with Crippen molar-refractivity contribution in [3.8, 4) is 0 Å². The van der Waals surface area contributed by atoms with Crippen molar-refractivity contribution < 1.29 is 30.6 Å². The van der Waals surface area contributed by atoms with Gasteiger partial charge in [-0.3, -0.25) is 0 Å². The van der Waals surface area contributed by atoms with E-state index < -0.39 is 5.60 Å². The van der Waals surface area contributed by atoms with Crippen molar-refractivity contribution in [3.63, 3.8) is 0 Å². The van der Waals surface area contributed by atoms with Gasteiger partial charge in [0.2, 0.25) is 0 Å². The highest BCUT2D eigenvalue weighted by Crippen LogP contribution is 2.37. The molecule has 0 aromatic heterocycles. The SMILES string of the molecule is OCCCCC(CCCO)C(O)(CCCO)CC(CO)CCO. The van der Waals surface area contributed by atoms with Crippen LogP contribution in [0.25, 0.3) is 0 Å². The Balaban J connectivity index is 5.01. The van der Waals surface area contributed by atoms with Crippen molar-refractivity contribution in [3.05, 3.63) is 0 Å². The van der Waals surface area contributed by atoms with Gasteiger partial charge < -0.3 is 30.6 Å². The molecule has 6 heteroatoms. The Hall–Kier alpha value is -0.240. The van der Waals surface area contributed by atoms with Crippen molar-refractivity contribution in [1.82, 2.24) is 0 Å². The second kappa shape index (κ2) is 14.1. The van der Waals surface area contributed by atoms with Crippen molar-refractivity contribution in [2.45, 2.75) is 63.4 Å². The Morgan fingerprint density at radius 3 is 1.78 bits per heavy atom. The van der Waals surface area contributed by atoms with Gasteiger partial charge >= 0.3 is 0 Å². The number of hydrogen-bond acceptors (Lipinski definition) is 6. The van der Waals surface area contributed by atoms with E-state index in [-0.39, 0.29) is 44.9 Å². The summed E-state index contributed by atoms with van der Waals surface area (Å²) >= 11 is 0. The molecular formula is C17H36O6. The van der Waals surface area contributed by atoms with Gasteiger partial charge in [-0.05, 0) is 63.2 Å². The monoisotopic (exact) mass is 336 g/mol. The summed E-state index contributed by atoms with van der Waals surface area (Å²) in [6.45, 7) is 0.0478. The molecule has 140 valence electrons. The minimum Gasteiger partial charge on any atom is -0.396 e. The zero-order chi connectivity index (χ0) is 17.6. The van der Waals surface area contributed by atoms with Crippen LogP contribution in [0.5, 0.6) is 0 Å². The molecule has 0 aromatic carbocycles. The fourth-order valence-corrected chi connectivity index (χ4v) is 3.32. The molecule has 6 N–H and O–H groups in total. The normalized spacial score (nSPS) is 17.0.